The second-order valence-corrected chi connectivity index (χ2v) is 6.78. The van der Waals surface area contributed by atoms with E-state index >= 15 is 0 Å². The van der Waals surface area contributed by atoms with Gasteiger partial charge in [-0.2, -0.15) is 0 Å². The van der Waals surface area contributed by atoms with E-state index in [2.05, 4.69) is 15.3 Å². The molecule has 0 aliphatic carbocycles. The first-order valence-electron chi connectivity index (χ1n) is 8.36. The van der Waals surface area contributed by atoms with Crippen LogP contribution in [-0.2, 0) is 0 Å². The molecule has 0 saturated carbocycles. The number of hydrogen-bond donors (Lipinski definition) is 1. The van der Waals surface area contributed by atoms with E-state index in [1.54, 1.807) is 10.6 Å². The van der Waals surface area contributed by atoms with Gasteiger partial charge < -0.3 is 5.32 Å². The van der Waals surface area contributed by atoms with Crippen molar-refractivity contribution in [3.63, 3.8) is 0 Å². The first-order chi connectivity index (χ1) is 13.3. The molecule has 142 valence electrons. The van der Waals surface area contributed by atoms with Crippen LogP contribution in [0.15, 0.2) is 42.7 Å². The average molecular weight is 403 g/mol. The van der Waals surface area contributed by atoms with E-state index in [0.29, 0.717) is 22.5 Å². The summed E-state index contributed by atoms with van der Waals surface area (Å²) in [7, 11) is 0. The van der Waals surface area contributed by atoms with E-state index in [4.69, 9.17) is 11.6 Å². The molecule has 0 unspecified atom stereocenters. The SMILES string of the molecule is Cc1c(C)n(-c2cc(F)cc(F)c2)c2ncnc(Nc3ccc(Cl)cc3F)c12. The monoisotopic (exact) mass is 402 g/mol. The van der Waals surface area contributed by atoms with Gasteiger partial charge in [-0.3, -0.25) is 4.57 Å². The minimum Gasteiger partial charge on any atom is -0.337 e. The van der Waals surface area contributed by atoms with Crippen LogP contribution in [0, 0.1) is 31.3 Å². The molecule has 0 saturated heterocycles. The van der Waals surface area contributed by atoms with Crippen molar-refractivity contribution >= 4 is 34.1 Å². The van der Waals surface area contributed by atoms with E-state index in [9.17, 15) is 13.2 Å². The first-order valence-corrected chi connectivity index (χ1v) is 8.74. The van der Waals surface area contributed by atoms with Gasteiger partial charge in [-0.25, -0.2) is 23.1 Å². The molecule has 0 atom stereocenters. The Morgan fingerprint density at radius 1 is 0.964 bits per heavy atom. The van der Waals surface area contributed by atoms with E-state index in [0.717, 1.165) is 17.3 Å². The van der Waals surface area contributed by atoms with E-state index < -0.39 is 17.5 Å². The third kappa shape index (κ3) is 3.07. The Bertz CT molecular complexity index is 1200. The molecule has 0 amide bonds. The van der Waals surface area contributed by atoms with Crippen LogP contribution < -0.4 is 5.32 Å². The van der Waals surface area contributed by atoms with Crippen LogP contribution >= 0.6 is 11.6 Å². The molecular formula is C20H14ClF3N4. The summed E-state index contributed by atoms with van der Waals surface area (Å²) in [6, 6.07) is 7.52. The summed E-state index contributed by atoms with van der Waals surface area (Å²) in [4.78, 5) is 8.52. The molecule has 0 aliphatic heterocycles. The maximum absolute atomic E-state index is 14.2. The van der Waals surface area contributed by atoms with Crippen molar-refractivity contribution in [3.05, 3.63) is 76.5 Å². The normalized spacial score (nSPS) is 11.2. The fourth-order valence-corrected chi connectivity index (χ4v) is 3.35. The fraction of sp³-hybridized carbons (Fsp3) is 0.100. The number of nitrogens with zero attached hydrogens (tertiary/aromatic N) is 3. The second-order valence-electron chi connectivity index (χ2n) is 6.34. The number of aryl methyl sites for hydroxylation is 1. The fourth-order valence-electron chi connectivity index (χ4n) is 3.20. The van der Waals surface area contributed by atoms with Crippen molar-refractivity contribution in [3.8, 4) is 5.69 Å². The van der Waals surface area contributed by atoms with Crippen molar-refractivity contribution in [2.24, 2.45) is 0 Å². The van der Waals surface area contributed by atoms with Crippen molar-refractivity contribution in [1.29, 1.82) is 0 Å². The van der Waals surface area contributed by atoms with Gasteiger partial charge in [0.2, 0.25) is 0 Å². The minimum atomic E-state index is -0.690. The van der Waals surface area contributed by atoms with Crippen molar-refractivity contribution < 1.29 is 13.2 Å². The molecule has 2 heterocycles. The highest BCUT2D eigenvalue weighted by Gasteiger charge is 2.19. The zero-order valence-electron chi connectivity index (χ0n) is 14.9. The lowest BCUT2D eigenvalue weighted by Gasteiger charge is -2.10. The summed E-state index contributed by atoms with van der Waals surface area (Å²) in [6.07, 6.45) is 1.31. The minimum absolute atomic E-state index is 0.200. The molecule has 8 heteroatoms. The number of fused-ring (bicyclic) bond motifs is 1. The number of benzene rings is 2. The molecule has 0 aliphatic rings. The Hall–Kier alpha value is -3.06. The average Bonchev–Trinajstić information content (AvgIpc) is 2.88. The van der Waals surface area contributed by atoms with Gasteiger partial charge in [-0.05, 0) is 49.7 Å². The summed E-state index contributed by atoms with van der Waals surface area (Å²) in [5.41, 5.74) is 2.49. The van der Waals surface area contributed by atoms with Crippen LogP contribution in [-0.4, -0.2) is 14.5 Å². The molecule has 0 spiro atoms. The zero-order chi connectivity index (χ0) is 20.0. The predicted octanol–water partition coefficient (Wildman–Crippen LogP) is 5.85. The molecule has 28 heavy (non-hydrogen) atoms. The third-order valence-corrected chi connectivity index (χ3v) is 4.82. The van der Waals surface area contributed by atoms with Gasteiger partial charge in [0.15, 0.2) is 5.65 Å². The van der Waals surface area contributed by atoms with Gasteiger partial charge in [0, 0.05) is 16.8 Å². The Balaban J connectivity index is 1.92. The number of nitrogens with one attached hydrogen (secondary N) is 1. The number of aromatic nitrogens is 3. The molecule has 4 rings (SSSR count). The first kappa shape index (κ1) is 18.3. The Morgan fingerprint density at radius 2 is 1.68 bits per heavy atom. The topological polar surface area (TPSA) is 42.7 Å². The second kappa shape index (κ2) is 6.83. The highest BCUT2D eigenvalue weighted by atomic mass is 35.5. The Morgan fingerprint density at radius 3 is 2.36 bits per heavy atom. The number of rotatable bonds is 3. The number of anilines is 2. The quantitative estimate of drug-likeness (QED) is 0.467. The summed E-state index contributed by atoms with van der Waals surface area (Å²) in [5, 5.41) is 3.86. The van der Waals surface area contributed by atoms with Gasteiger partial charge in [-0.15, -0.1) is 0 Å². The summed E-state index contributed by atoms with van der Waals surface area (Å²) in [6.45, 7) is 3.66. The zero-order valence-corrected chi connectivity index (χ0v) is 15.7. The third-order valence-electron chi connectivity index (χ3n) is 4.58. The van der Waals surface area contributed by atoms with Gasteiger partial charge >= 0.3 is 0 Å². The largest absolute Gasteiger partial charge is 0.337 e. The highest BCUT2D eigenvalue weighted by molar-refractivity contribution is 6.30. The lowest BCUT2D eigenvalue weighted by molar-refractivity contribution is 0.581. The molecule has 0 fully saturated rings. The molecule has 0 radical (unpaired) electrons. The molecule has 0 bridgehead atoms. The van der Waals surface area contributed by atoms with Crippen LogP contribution in [0.2, 0.25) is 5.02 Å². The van der Waals surface area contributed by atoms with Crippen LogP contribution in [0.3, 0.4) is 0 Å². The van der Waals surface area contributed by atoms with E-state index in [1.807, 2.05) is 13.8 Å². The van der Waals surface area contributed by atoms with Crippen LogP contribution in [0.5, 0.6) is 0 Å². The Kier molecular flexibility index (Phi) is 4.47. The predicted molar refractivity (Wildman–Crippen MR) is 103 cm³/mol. The lowest BCUT2D eigenvalue weighted by Crippen LogP contribution is -2.01. The van der Waals surface area contributed by atoms with E-state index in [1.165, 1.54) is 30.6 Å². The summed E-state index contributed by atoms with van der Waals surface area (Å²) < 4.78 is 43.3. The van der Waals surface area contributed by atoms with Gasteiger partial charge in [0.05, 0.1) is 16.8 Å². The van der Waals surface area contributed by atoms with Crippen molar-refractivity contribution in [1.82, 2.24) is 14.5 Å². The highest BCUT2D eigenvalue weighted by Crippen LogP contribution is 2.33. The van der Waals surface area contributed by atoms with Crippen molar-refractivity contribution in [2.75, 3.05) is 5.32 Å². The smallest absolute Gasteiger partial charge is 0.150 e. The Labute approximate surface area is 163 Å². The van der Waals surface area contributed by atoms with Gasteiger partial charge in [0.1, 0.15) is 29.6 Å². The van der Waals surface area contributed by atoms with Crippen LogP contribution in [0.4, 0.5) is 24.7 Å². The van der Waals surface area contributed by atoms with Crippen LogP contribution in [0.1, 0.15) is 11.3 Å². The molecular weight excluding hydrogens is 389 g/mol. The summed E-state index contributed by atoms with van der Waals surface area (Å²) >= 11 is 5.80. The molecule has 4 aromatic rings. The van der Waals surface area contributed by atoms with E-state index in [-0.39, 0.29) is 10.7 Å². The standard InChI is InChI=1S/C20H14ClF3N4/c1-10-11(2)28(15-7-13(22)6-14(23)8-15)20-18(10)19(25-9-26-20)27-17-4-3-12(21)5-16(17)24/h3-9H,1-2H3,(H,25,26,27). The molecule has 2 aromatic heterocycles. The van der Waals surface area contributed by atoms with Gasteiger partial charge in [0.25, 0.3) is 0 Å². The van der Waals surface area contributed by atoms with Crippen molar-refractivity contribution in [2.45, 2.75) is 13.8 Å². The number of halogens is 4. The summed E-state index contributed by atoms with van der Waals surface area (Å²) in [5.74, 6) is -1.53. The molecule has 4 nitrogen and oxygen atoms in total. The maximum atomic E-state index is 14.2. The van der Waals surface area contributed by atoms with Crippen LogP contribution in [0.25, 0.3) is 16.7 Å². The van der Waals surface area contributed by atoms with Gasteiger partial charge in [-0.1, -0.05) is 11.6 Å². The lowest BCUT2D eigenvalue weighted by atomic mass is 10.2. The molecule has 2 aromatic carbocycles. The molecule has 1 N–H and O–H groups in total. The maximum Gasteiger partial charge on any atom is 0.150 e. The number of hydrogen-bond acceptors (Lipinski definition) is 3.